The summed E-state index contributed by atoms with van der Waals surface area (Å²) < 4.78 is 33.0. The van der Waals surface area contributed by atoms with Crippen molar-refractivity contribution in [2.75, 3.05) is 19.4 Å². The number of fused-ring (bicyclic) bond motifs is 14. The van der Waals surface area contributed by atoms with Gasteiger partial charge in [0.2, 0.25) is 33.7 Å². The molecule has 54 heavy (non-hydrogen) atoms. The number of rotatable bonds is 11. The number of carbonyl (C=O) groups is 4. The third-order valence-corrected chi connectivity index (χ3v) is 9.90. The van der Waals surface area contributed by atoms with E-state index in [2.05, 4.69) is 39.8 Å². The Balaban J connectivity index is 1.46. The van der Waals surface area contributed by atoms with Crippen molar-refractivity contribution in [3.63, 3.8) is 0 Å². The van der Waals surface area contributed by atoms with Gasteiger partial charge in [-0.2, -0.15) is 5.10 Å². The van der Waals surface area contributed by atoms with Crippen LogP contribution in [0.1, 0.15) is 75.3 Å². The Morgan fingerprint density at radius 2 is 1.70 bits per heavy atom. The number of nitrogens with zero attached hydrogens (tertiary/aromatic N) is 3. The van der Waals surface area contributed by atoms with Gasteiger partial charge in [-0.05, 0) is 67.7 Å². The number of nitrogens with one attached hydrogen (secondary N) is 5. The first-order chi connectivity index (χ1) is 25.7. The predicted octanol–water partition coefficient (Wildman–Crippen LogP) is 1.73. The second kappa shape index (κ2) is 18.5. The zero-order valence-electron chi connectivity index (χ0n) is 31.3. The van der Waals surface area contributed by atoms with Gasteiger partial charge in [0.1, 0.15) is 31.0 Å². The summed E-state index contributed by atoms with van der Waals surface area (Å²) in [5.41, 5.74) is 1.63. The molecule has 15 nitrogen and oxygen atoms in total. The molecule has 0 unspecified atom stereocenters. The fraction of sp³-hybridized carbons (Fsp3) is 0.526. The van der Waals surface area contributed by atoms with Crippen LogP contribution in [0.2, 0.25) is 0 Å². The SMILES string of the molecule is CC(C)C[C@H]1COc2ccc(cc2)C[C@H](NC(=O)CCNS(C)(=O)=O)C(=O)N[C@H](C)C(=O)N[C@H](Cc2ccccc2)c2nc(CC3CC3)nn2CC(=O)N1. The van der Waals surface area contributed by atoms with Crippen molar-refractivity contribution >= 4 is 33.7 Å². The number of hydrogen-bond acceptors (Lipinski definition) is 9. The van der Waals surface area contributed by atoms with E-state index in [4.69, 9.17) is 14.8 Å². The highest BCUT2D eigenvalue weighted by molar-refractivity contribution is 7.88. The van der Waals surface area contributed by atoms with Crippen LogP contribution < -0.4 is 30.7 Å². The number of aromatic nitrogens is 3. The van der Waals surface area contributed by atoms with Crippen molar-refractivity contribution < 1.29 is 32.3 Å². The van der Waals surface area contributed by atoms with Crippen molar-refractivity contribution in [2.24, 2.45) is 11.8 Å². The molecular weight excluding hydrogens is 713 g/mol. The molecule has 5 N–H and O–H groups in total. The van der Waals surface area contributed by atoms with Gasteiger partial charge in [0.05, 0.1) is 18.3 Å². The molecule has 1 aliphatic carbocycles. The average Bonchev–Trinajstić information content (AvgIpc) is 3.83. The van der Waals surface area contributed by atoms with Crippen molar-refractivity contribution in [3.8, 4) is 5.75 Å². The van der Waals surface area contributed by atoms with Gasteiger partial charge in [0.25, 0.3) is 0 Å². The van der Waals surface area contributed by atoms with Gasteiger partial charge in [-0.1, -0.05) is 56.3 Å². The molecule has 0 saturated heterocycles. The Labute approximate surface area is 316 Å². The Morgan fingerprint density at radius 1 is 0.981 bits per heavy atom. The predicted molar refractivity (Wildman–Crippen MR) is 202 cm³/mol. The lowest BCUT2D eigenvalue weighted by Crippen LogP contribution is -2.54. The van der Waals surface area contributed by atoms with Crippen LogP contribution in [-0.2, 0) is 55.0 Å². The smallest absolute Gasteiger partial charge is 0.243 e. The van der Waals surface area contributed by atoms with E-state index in [0.29, 0.717) is 48.1 Å². The molecule has 1 saturated carbocycles. The Morgan fingerprint density at radius 3 is 2.37 bits per heavy atom. The van der Waals surface area contributed by atoms with Crippen LogP contribution in [0.4, 0.5) is 0 Å². The summed E-state index contributed by atoms with van der Waals surface area (Å²) in [6.45, 7) is 5.65. The van der Waals surface area contributed by atoms with Crippen LogP contribution in [0.3, 0.4) is 0 Å². The van der Waals surface area contributed by atoms with Crippen LogP contribution in [0.25, 0.3) is 0 Å². The highest BCUT2D eigenvalue weighted by Crippen LogP contribution is 2.32. The lowest BCUT2D eigenvalue weighted by atomic mass is 10.0. The third kappa shape index (κ3) is 12.9. The van der Waals surface area contributed by atoms with Gasteiger partial charge >= 0.3 is 0 Å². The van der Waals surface area contributed by atoms with E-state index in [9.17, 15) is 27.6 Å². The fourth-order valence-corrected chi connectivity index (χ4v) is 6.78. The largest absolute Gasteiger partial charge is 0.491 e. The van der Waals surface area contributed by atoms with E-state index < -0.39 is 45.9 Å². The normalized spacial score (nSPS) is 21.7. The van der Waals surface area contributed by atoms with Gasteiger partial charge < -0.3 is 26.0 Å². The summed E-state index contributed by atoms with van der Waals surface area (Å²) in [6.07, 6.45) is 4.74. The number of benzene rings is 2. The molecule has 4 amide bonds. The number of amides is 4. The molecule has 3 heterocycles. The van der Waals surface area contributed by atoms with Crippen LogP contribution in [0, 0.1) is 11.8 Å². The minimum atomic E-state index is -3.51. The second-order valence-electron chi connectivity index (χ2n) is 14.8. The molecule has 4 atom stereocenters. The van der Waals surface area contributed by atoms with Crippen molar-refractivity contribution in [3.05, 3.63) is 77.4 Å². The summed E-state index contributed by atoms with van der Waals surface area (Å²) >= 11 is 0. The van der Waals surface area contributed by atoms with Crippen molar-refractivity contribution in [2.45, 2.75) is 96.4 Å². The highest BCUT2D eigenvalue weighted by atomic mass is 32.2. The lowest BCUT2D eigenvalue weighted by molar-refractivity contribution is -0.132. The van der Waals surface area contributed by atoms with Crippen LogP contribution >= 0.6 is 0 Å². The maximum absolute atomic E-state index is 13.9. The Hall–Kier alpha value is -4.83. The molecule has 1 aromatic heterocycles. The van der Waals surface area contributed by atoms with Gasteiger partial charge in [-0.25, -0.2) is 22.8 Å². The fourth-order valence-electron chi connectivity index (χ4n) is 6.30. The molecule has 3 aromatic rings. The van der Waals surface area contributed by atoms with Crippen molar-refractivity contribution in [1.82, 2.24) is 40.8 Å². The second-order valence-corrected chi connectivity index (χ2v) is 16.6. The van der Waals surface area contributed by atoms with E-state index >= 15 is 0 Å². The quantitative estimate of drug-likeness (QED) is 0.193. The molecule has 292 valence electrons. The molecule has 0 radical (unpaired) electrons. The molecule has 0 spiro atoms. The van der Waals surface area contributed by atoms with E-state index in [1.165, 1.54) is 0 Å². The summed E-state index contributed by atoms with van der Waals surface area (Å²) in [5.74, 6) is 0.439. The summed E-state index contributed by atoms with van der Waals surface area (Å²) in [4.78, 5) is 59.1. The number of sulfonamides is 1. The van der Waals surface area contributed by atoms with Crippen LogP contribution in [-0.4, -0.2) is 84.3 Å². The zero-order chi connectivity index (χ0) is 38.8. The Kier molecular flexibility index (Phi) is 13.8. The maximum Gasteiger partial charge on any atom is 0.243 e. The summed E-state index contributed by atoms with van der Waals surface area (Å²) in [5, 5.41) is 16.4. The third-order valence-electron chi connectivity index (χ3n) is 9.17. The minimum Gasteiger partial charge on any atom is -0.491 e. The van der Waals surface area contributed by atoms with E-state index in [0.717, 1.165) is 24.7 Å². The minimum absolute atomic E-state index is 0.0846. The zero-order valence-corrected chi connectivity index (χ0v) is 32.2. The van der Waals surface area contributed by atoms with E-state index in [1.54, 1.807) is 35.9 Å². The topological polar surface area (TPSA) is 203 Å². The Bertz CT molecular complexity index is 1860. The lowest BCUT2D eigenvalue weighted by Gasteiger charge is -2.25. The molecule has 2 aliphatic heterocycles. The molecule has 6 rings (SSSR count). The number of carbonyl (C=O) groups excluding carboxylic acids is 4. The van der Waals surface area contributed by atoms with E-state index in [-0.39, 0.29) is 50.4 Å². The first-order valence-corrected chi connectivity index (χ1v) is 20.4. The number of hydrogen-bond donors (Lipinski definition) is 5. The molecule has 3 aliphatic rings. The maximum atomic E-state index is 13.9. The van der Waals surface area contributed by atoms with Gasteiger partial charge in [0, 0.05) is 25.8 Å². The van der Waals surface area contributed by atoms with Crippen LogP contribution in [0.15, 0.2) is 54.6 Å². The van der Waals surface area contributed by atoms with Crippen molar-refractivity contribution in [1.29, 1.82) is 0 Å². The monoisotopic (exact) mass is 764 g/mol. The van der Waals surface area contributed by atoms with Gasteiger partial charge in [0.15, 0.2) is 11.6 Å². The number of ether oxygens (including phenoxy) is 1. The standard InChI is InChI=1S/C38H52N8O7S/c1-24(2)18-29-23-53-30-14-12-27(13-15-30)20-32(42-34(47)16-17-39-54(4,51)52)38(50)40-25(3)37(49)43-31(19-26-8-6-5-7-9-26)36-44-33(21-28-10-11-28)45-46(36)22-35(48)41-29/h5-9,12-15,24-25,28-29,31-32,39H,10-11,16-23H2,1-4H3,(H,40,50)(H,41,48)(H,42,47)(H,43,49)/t25-,29+,31-,32+/m1/s1. The molecular formula is C38H52N8O7S. The average molecular weight is 765 g/mol. The summed E-state index contributed by atoms with van der Waals surface area (Å²) in [7, 11) is -3.51. The highest BCUT2D eigenvalue weighted by Gasteiger charge is 2.31. The molecule has 2 aromatic carbocycles. The van der Waals surface area contributed by atoms with Gasteiger partial charge in [-0.15, -0.1) is 0 Å². The molecule has 16 heteroatoms. The first-order valence-electron chi connectivity index (χ1n) is 18.5. The van der Waals surface area contributed by atoms with E-state index in [1.807, 2.05) is 30.3 Å². The summed E-state index contributed by atoms with van der Waals surface area (Å²) in [6, 6.07) is 13.5. The molecule has 1 fully saturated rings. The van der Waals surface area contributed by atoms with Crippen LogP contribution in [0.5, 0.6) is 5.75 Å². The van der Waals surface area contributed by atoms with Gasteiger partial charge in [-0.3, -0.25) is 19.2 Å². The molecule has 2 bridgehead atoms. The first kappa shape index (κ1) is 40.4.